The molecule has 1 saturated heterocycles. The largest absolute Gasteiger partial charge is 0.457 e. The first-order valence-electron chi connectivity index (χ1n) is 12.8. The number of anilines is 2. The van der Waals surface area contributed by atoms with Gasteiger partial charge < -0.3 is 26.0 Å². The van der Waals surface area contributed by atoms with Crippen molar-refractivity contribution in [3.8, 4) is 11.5 Å². The van der Waals surface area contributed by atoms with Gasteiger partial charge in [0.05, 0.1) is 11.9 Å². The van der Waals surface area contributed by atoms with Gasteiger partial charge in [0.15, 0.2) is 11.6 Å². The van der Waals surface area contributed by atoms with Crippen LogP contribution in [0.5, 0.6) is 11.5 Å². The summed E-state index contributed by atoms with van der Waals surface area (Å²) in [5.74, 6) is 1.89. The molecule has 40 heavy (non-hydrogen) atoms. The molecule has 1 aliphatic rings. The number of pyridine rings is 1. The van der Waals surface area contributed by atoms with Crippen molar-refractivity contribution in [1.29, 1.82) is 0 Å². The number of fused-ring (bicyclic) bond motifs is 1. The van der Waals surface area contributed by atoms with E-state index in [0.717, 1.165) is 11.3 Å². The number of aromatic nitrogens is 4. The van der Waals surface area contributed by atoms with Gasteiger partial charge in [0.25, 0.3) is 5.91 Å². The van der Waals surface area contributed by atoms with Gasteiger partial charge in [-0.05, 0) is 61.7 Å². The second kappa shape index (κ2) is 11.6. The number of piperidine rings is 1. The average Bonchev–Trinajstić information content (AvgIpc) is 3.40. The molecule has 0 unspecified atom stereocenters. The zero-order valence-electron chi connectivity index (χ0n) is 21.9. The summed E-state index contributed by atoms with van der Waals surface area (Å²) in [7, 11) is 0. The first-order valence-corrected chi connectivity index (χ1v) is 12.8. The third kappa shape index (κ3) is 5.75. The number of nitrogens with zero attached hydrogens (tertiary/aromatic N) is 6. The quantitative estimate of drug-likeness (QED) is 0.175. The molecule has 0 bridgehead atoms. The molecule has 12 nitrogen and oxygen atoms in total. The molecule has 3 aromatic heterocycles. The predicted molar refractivity (Wildman–Crippen MR) is 151 cm³/mol. The molecule has 4 N–H and O–H groups in total. The van der Waals surface area contributed by atoms with Crippen molar-refractivity contribution in [2.24, 2.45) is 10.7 Å². The van der Waals surface area contributed by atoms with Gasteiger partial charge in [-0.1, -0.05) is 6.58 Å². The van der Waals surface area contributed by atoms with E-state index in [9.17, 15) is 9.59 Å². The van der Waals surface area contributed by atoms with Crippen LogP contribution in [-0.4, -0.2) is 61.8 Å². The molecule has 0 atom stereocenters. The van der Waals surface area contributed by atoms with Crippen molar-refractivity contribution in [2.45, 2.75) is 25.8 Å². The van der Waals surface area contributed by atoms with Crippen LogP contribution in [-0.2, 0) is 4.79 Å². The molecule has 12 heteroatoms. The monoisotopic (exact) mass is 539 g/mol. The SMILES string of the molecule is C=CC(=O)NC1CCN(C(=O)c2ccn3ncnc(Nc4ccc(Oc5ccnc(N=CN)c5)c(C)c4)c23)CC1. The van der Waals surface area contributed by atoms with E-state index in [-0.39, 0.29) is 17.9 Å². The molecule has 4 heterocycles. The normalized spacial score (nSPS) is 13.9. The third-order valence-electron chi connectivity index (χ3n) is 6.59. The van der Waals surface area contributed by atoms with Crippen LogP contribution in [0.1, 0.15) is 28.8 Å². The third-order valence-corrected chi connectivity index (χ3v) is 6.59. The number of hydrogen-bond acceptors (Lipinski definition) is 8. The number of hydrogen-bond donors (Lipinski definition) is 3. The Morgan fingerprint density at radius 2 is 2.00 bits per heavy atom. The van der Waals surface area contributed by atoms with Crippen molar-refractivity contribution in [3.63, 3.8) is 0 Å². The van der Waals surface area contributed by atoms with Crippen LogP contribution in [0.2, 0.25) is 0 Å². The van der Waals surface area contributed by atoms with E-state index < -0.39 is 0 Å². The Hall–Kier alpha value is -5.26. The molecule has 0 spiro atoms. The average molecular weight is 540 g/mol. The highest BCUT2D eigenvalue weighted by Crippen LogP contribution is 2.31. The summed E-state index contributed by atoms with van der Waals surface area (Å²) in [6.07, 6.45) is 8.57. The lowest BCUT2D eigenvalue weighted by molar-refractivity contribution is -0.117. The minimum Gasteiger partial charge on any atom is -0.457 e. The summed E-state index contributed by atoms with van der Waals surface area (Å²) in [6, 6.07) is 10.9. The Morgan fingerprint density at radius 3 is 2.75 bits per heavy atom. The van der Waals surface area contributed by atoms with Gasteiger partial charge >= 0.3 is 0 Å². The van der Waals surface area contributed by atoms with Crippen LogP contribution in [0, 0.1) is 6.92 Å². The Balaban J connectivity index is 1.32. The van der Waals surface area contributed by atoms with E-state index >= 15 is 0 Å². The van der Waals surface area contributed by atoms with E-state index in [2.05, 4.69) is 37.3 Å². The van der Waals surface area contributed by atoms with Gasteiger partial charge in [0, 0.05) is 43.3 Å². The minimum absolute atomic E-state index is 0.0242. The van der Waals surface area contributed by atoms with E-state index in [4.69, 9.17) is 10.5 Å². The second-order valence-electron chi connectivity index (χ2n) is 9.25. The van der Waals surface area contributed by atoms with Gasteiger partial charge in [0.2, 0.25) is 5.91 Å². The van der Waals surface area contributed by atoms with Crippen molar-refractivity contribution in [2.75, 3.05) is 18.4 Å². The number of nitrogens with two attached hydrogens (primary N) is 1. The maximum atomic E-state index is 13.5. The summed E-state index contributed by atoms with van der Waals surface area (Å²) in [5.41, 5.74) is 8.09. The maximum Gasteiger partial charge on any atom is 0.256 e. The molecule has 1 fully saturated rings. The number of carbonyl (C=O) groups excluding carboxylic acids is 2. The zero-order chi connectivity index (χ0) is 28.1. The van der Waals surface area contributed by atoms with Gasteiger partial charge in [0.1, 0.15) is 23.3 Å². The lowest BCUT2D eigenvalue weighted by Crippen LogP contribution is -2.46. The van der Waals surface area contributed by atoms with E-state index in [0.29, 0.717) is 60.1 Å². The highest BCUT2D eigenvalue weighted by molar-refractivity contribution is 6.04. The number of amides is 2. The molecular weight excluding hydrogens is 510 g/mol. The Kier molecular flexibility index (Phi) is 7.67. The summed E-state index contributed by atoms with van der Waals surface area (Å²) in [5, 5.41) is 10.5. The smallest absolute Gasteiger partial charge is 0.256 e. The summed E-state index contributed by atoms with van der Waals surface area (Å²) >= 11 is 0. The summed E-state index contributed by atoms with van der Waals surface area (Å²) in [4.78, 5) is 39.4. The summed E-state index contributed by atoms with van der Waals surface area (Å²) in [6.45, 7) is 6.50. The molecule has 5 rings (SSSR count). The number of ether oxygens (including phenoxy) is 1. The Morgan fingerprint density at radius 1 is 1.18 bits per heavy atom. The maximum absolute atomic E-state index is 13.5. The van der Waals surface area contributed by atoms with Crippen LogP contribution in [0.4, 0.5) is 17.3 Å². The van der Waals surface area contributed by atoms with Gasteiger partial charge in [-0.2, -0.15) is 5.10 Å². The zero-order valence-corrected chi connectivity index (χ0v) is 21.9. The van der Waals surface area contributed by atoms with Crippen LogP contribution in [0.25, 0.3) is 5.52 Å². The standard InChI is InChI=1S/C28H29N9O3/c1-3-25(38)34-19-7-11-36(12-8-19)28(39)22-9-13-37-26(22)27(32-17-33-37)35-20-4-5-23(18(2)14-20)40-21-6-10-30-24(15-21)31-16-29/h3-6,9-10,13-17,19H,1,7-8,11-12H2,2H3,(H,34,38)(H2,29,30,31)(H,32,33,35). The number of rotatable bonds is 8. The first-order chi connectivity index (χ1) is 19.4. The molecule has 2 amide bonds. The Bertz CT molecular complexity index is 1590. The number of likely N-dealkylation sites (tertiary alicyclic amines) is 1. The Labute approximate surface area is 230 Å². The number of aliphatic imine (C=N–C) groups is 1. The van der Waals surface area contributed by atoms with Crippen molar-refractivity contribution in [3.05, 3.63) is 78.9 Å². The first kappa shape index (κ1) is 26.4. The van der Waals surface area contributed by atoms with E-state index in [1.165, 1.54) is 18.7 Å². The molecular formula is C28H29N9O3. The summed E-state index contributed by atoms with van der Waals surface area (Å²) < 4.78 is 7.66. The fraction of sp³-hybridized carbons (Fsp3) is 0.214. The van der Waals surface area contributed by atoms with Crippen LogP contribution in [0.3, 0.4) is 0 Å². The number of benzene rings is 1. The van der Waals surface area contributed by atoms with Crippen LogP contribution < -0.4 is 21.1 Å². The van der Waals surface area contributed by atoms with Crippen molar-refractivity contribution >= 4 is 41.0 Å². The van der Waals surface area contributed by atoms with Crippen LogP contribution >= 0.6 is 0 Å². The topological polar surface area (TPSA) is 152 Å². The molecule has 1 aromatic carbocycles. The lowest BCUT2D eigenvalue weighted by atomic mass is 10.0. The second-order valence-corrected chi connectivity index (χ2v) is 9.25. The fourth-order valence-electron chi connectivity index (χ4n) is 4.59. The lowest BCUT2D eigenvalue weighted by Gasteiger charge is -2.32. The number of carbonyl (C=O) groups is 2. The molecule has 0 aliphatic carbocycles. The molecule has 4 aromatic rings. The van der Waals surface area contributed by atoms with E-state index in [1.807, 2.05) is 25.1 Å². The van der Waals surface area contributed by atoms with Gasteiger partial charge in [-0.15, -0.1) is 0 Å². The van der Waals surface area contributed by atoms with Crippen molar-refractivity contribution in [1.82, 2.24) is 29.8 Å². The molecule has 204 valence electrons. The van der Waals surface area contributed by atoms with Gasteiger partial charge in [-0.25, -0.2) is 19.5 Å². The minimum atomic E-state index is -0.199. The van der Waals surface area contributed by atoms with Crippen molar-refractivity contribution < 1.29 is 14.3 Å². The highest BCUT2D eigenvalue weighted by Gasteiger charge is 2.27. The number of aryl methyl sites for hydroxylation is 1. The van der Waals surface area contributed by atoms with E-state index in [1.54, 1.807) is 40.0 Å². The number of nitrogens with one attached hydrogen (secondary N) is 2. The predicted octanol–water partition coefficient (Wildman–Crippen LogP) is 3.49. The highest BCUT2D eigenvalue weighted by atomic mass is 16.5. The fourth-order valence-corrected chi connectivity index (χ4v) is 4.59. The van der Waals surface area contributed by atoms with Crippen LogP contribution in [0.15, 0.2) is 72.8 Å². The molecule has 0 radical (unpaired) electrons. The molecule has 1 aliphatic heterocycles. The van der Waals surface area contributed by atoms with Gasteiger partial charge in [-0.3, -0.25) is 9.59 Å². The molecule has 0 saturated carbocycles.